The molecule has 1 unspecified atom stereocenters. The molecule has 1 amide bonds. The summed E-state index contributed by atoms with van der Waals surface area (Å²) in [4.78, 5) is 29.5. The minimum Gasteiger partial charge on any atom is -0.493 e. The Morgan fingerprint density at radius 3 is 2.56 bits per heavy atom. The minimum atomic E-state index is -1.21. The normalized spacial score (nSPS) is 13.5. The van der Waals surface area contributed by atoms with Gasteiger partial charge >= 0.3 is 5.97 Å². The third kappa shape index (κ3) is 4.62. The van der Waals surface area contributed by atoms with Crippen molar-refractivity contribution in [2.45, 2.75) is 25.3 Å². The molecule has 4 aromatic rings. The molecule has 0 fully saturated rings. The molecule has 2 N–H and O–H groups in total. The van der Waals surface area contributed by atoms with Crippen molar-refractivity contribution in [1.82, 2.24) is 10.3 Å². The van der Waals surface area contributed by atoms with E-state index in [1.807, 2.05) is 36.4 Å². The molecular formula is C28H22Cl2N2O4. The molecule has 2 heterocycles. The zero-order valence-corrected chi connectivity index (χ0v) is 20.6. The molecule has 182 valence electrons. The number of benzene rings is 3. The quantitative estimate of drug-likeness (QED) is 0.327. The topological polar surface area (TPSA) is 88.5 Å². The van der Waals surface area contributed by atoms with Crippen molar-refractivity contribution in [3.8, 4) is 16.9 Å². The lowest BCUT2D eigenvalue weighted by Gasteiger charge is -2.22. The number of carbonyl (C=O) groups excluding carboxylic acids is 1. The number of fused-ring (bicyclic) bond motifs is 2. The average Bonchev–Trinajstić information content (AvgIpc) is 2.88. The van der Waals surface area contributed by atoms with Crippen LogP contribution in [0.1, 0.15) is 27.9 Å². The molecule has 0 saturated carbocycles. The van der Waals surface area contributed by atoms with E-state index in [1.165, 1.54) is 17.7 Å². The number of halogens is 2. The average molecular weight is 521 g/mol. The van der Waals surface area contributed by atoms with Crippen LogP contribution >= 0.6 is 23.2 Å². The lowest BCUT2D eigenvalue weighted by atomic mass is 9.92. The van der Waals surface area contributed by atoms with Crippen molar-refractivity contribution in [3.63, 3.8) is 0 Å². The van der Waals surface area contributed by atoms with Crippen molar-refractivity contribution < 1.29 is 19.4 Å². The van der Waals surface area contributed by atoms with Crippen LogP contribution in [0.4, 0.5) is 0 Å². The van der Waals surface area contributed by atoms with Crippen LogP contribution < -0.4 is 10.1 Å². The van der Waals surface area contributed by atoms with Crippen molar-refractivity contribution in [1.29, 1.82) is 0 Å². The highest BCUT2D eigenvalue weighted by molar-refractivity contribution is 6.39. The number of pyridine rings is 1. The Kier molecular flexibility index (Phi) is 6.81. The van der Waals surface area contributed by atoms with E-state index in [9.17, 15) is 14.7 Å². The molecule has 3 aromatic carbocycles. The van der Waals surface area contributed by atoms with Crippen LogP contribution in [0, 0.1) is 0 Å². The molecule has 1 aliphatic heterocycles. The van der Waals surface area contributed by atoms with Gasteiger partial charge in [-0.2, -0.15) is 0 Å². The number of carboxylic acids is 1. The van der Waals surface area contributed by atoms with E-state index in [4.69, 9.17) is 27.9 Å². The second-order valence-corrected chi connectivity index (χ2v) is 9.40. The van der Waals surface area contributed by atoms with Crippen LogP contribution in [0.15, 0.2) is 66.9 Å². The molecule has 0 aliphatic carbocycles. The van der Waals surface area contributed by atoms with E-state index in [-0.39, 0.29) is 22.0 Å². The number of para-hydroxylation sites is 1. The number of hydrogen-bond acceptors (Lipinski definition) is 4. The van der Waals surface area contributed by atoms with Crippen LogP contribution in [0.3, 0.4) is 0 Å². The van der Waals surface area contributed by atoms with Crippen molar-refractivity contribution in [2.24, 2.45) is 0 Å². The zero-order valence-electron chi connectivity index (χ0n) is 19.1. The number of nitrogens with zero attached hydrogens (tertiary/aromatic N) is 1. The summed E-state index contributed by atoms with van der Waals surface area (Å²) in [6, 6.07) is 17.2. The van der Waals surface area contributed by atoms with Gasteiger partial charge < -0.3 is 15.2 Å². The first-order valence-electron chi connectivity index (χ1n) is 11.5. The van der Waals surface area contributed by atoms with Gasteiger partial charge in [0.15, 0.2) is 0 Å². The summed E-state index contributed by atoms with van der Waals surface area (Å²) in [6.45, 7) is 0.674. The van der Waals surface area contributed by atoms with Gasteiger partial charge in [0.1, 0.15) is 11.8 Å². The SMILES string of the molecule is O=C(NC(Cc1ccc(-c2cccc3c2OCCC3)c2cccnc12)C(=O)O)c1c(Cl)cccc1Cl. The van der Waals surface area contributed by atoms with Crippen molar-refractivity contribution >= 4 is 46.0 Å². The highest BCUT2D eigenvalue weighted by Crippen LogP contribution is 2.39. The Labute approximate surface area is 217 Å². The van der Waals surface area contributed by atoms with Crippen LogP contribution in [0.5, 0.6) is 5.75 Å². The molecule has 36 heavy (non-hydrogen) atoms. The smallest absolute Gasteiger partial charge is 0.326 e. The van der Waals surface area contributed by atoms with Crippen LogP contribution in [-0.2, 0) is 17.6 Å². The van der Waals surface area contributed by atoms with E-state index in [1.54, 1.807) is 12.3 Å². The van der Waals surface area contributed by atoms with Gasteiger partial charge in [-0.1, -0.05) is 65.7 Å². The molecule has 0 spiro atoms. The third-order valence-electron chi connectivity index (χ3n) is 6.29. The first-order valence-corrected chi connectivity index (χ1v) is 12.3. The summed E-state index contributed by atoms with van der Waals surface area (Å²) in [5, 5.41) is 13.6. The molecule has 1 aromatic heterocycles. The third-order valence-corrected chi connectivity index (χ3v) is 6.92. The maximum Gasteiger partial charge on any atom is 0.326 e. The zero-order chi connectivity index (χ0) is 25.2. The molecule has 6 nitrogen and oxygen atoms in total. The summed E-state index contributed by atoms with van der Waals surface area (Å²) in [5.41, 5.74) is 4.51. The minimum absolute atomic E-state index is 0.0281. The van der Waals surface area contributed by atoms with E-state index in [0.29, 0.717) is 17.7 Å². The number of carbonyl (C=O) groups is 2. The standard InChI is InChI=1S/C28H22Cl2N2O4/c29-21-9-2-10-22(30)24(21)27(33)32-23(28(34)35)15-17-11-12-18(19-8-3-13-31-25(17)19)20-7-1-5-16-6-4-14-36-26(16)20/h1-3,5,7-13,23H,4,6,14-15H2,(H,32,33)(H,34,35). The Balaban J connectivity index is 1.51. The highest BCUT2D eigenvalue weighted by atomic mass is 35.5. The largest absolute Gasteiger partial charge is 0.493 e. The van der Waals surface area contributed by atoms with E-state index < -0.39 is 17.9 Å². The monoisotopic (exact) mass is 520 g/mol. The number of rotatable bonds is 6. The lowest BCUT2D eigenvalue weighted by molar-refractivity contribution is -0.139. The van der Waals surface area contributed by atoms with Gasteiger partial charge in [0, 0.05) is 23.6 Å². The summed E-state index contributed by atoms with van der Waals surface area (Å²) in [5.74, 6) is -0.945. The molecule has 0 radical (unpaired) electrons. The van der Waals surface area contributed by atoms with E-state index >= 15 is 0 Å². The first-order chi connectivity index (χ1) is 17.4. The highest BCUT2D eigenvalue weighted by Gasteiger charge is 2.25. The summed E-state index contributed by atoms with van der Waals surface area (Å²) in [6.07, 6.45) is 3.65. The first kappa shape index (κ1) is 24.1. The van der Waals surface area contributed by atoms with Crippen molar-refractivity contribution in [3.05, 3.63) is 93.6 Å². The molecule has 0 bridgehead atoms. The Hall–Kier alpha value is -3.61. The van der Waals surface area contributed by atoms with Gasteiger partial charge in [-0.3, -0.25) is 9.78 Å². The van der Waals surface area contributed by atoms with Gasteiger partial charge in [0.2, 0.25) is 0 Å². The molecular weight excluding hydrogens is 499 g/mol. The number of carboxylic acid groups (broad SMARTS) is 1. The second-order valence-electron chi connectivity index (χ2n) is 8.58. The summed E-state index contributed by atoms with van der Waals surface area (Å²) in [7, 11) is 0. The van der Waals surface area contributed by atoms with Gasteiger partial charge in [-0.25, -0.2) is 4.79 Å². The maximum atomic E-state index is 12.9. The molecule has 1 aliphatic rings. The van der Waals surface area contributed by atoms with Crippen LogP contribution in [0.25, 0.3) is 22.0 Å². The fourth-order valence-electron chi connectivity index (χ4n) is 4.60. The fraction of sp³-hybridized carbons (Fsp3) is 0.179. The Morgan fingerprint density at radius 2 is 1.78 bits per heavy atom. The molecule has 0 saturated heterocycles. The van der Waals surface area contributed by atoms with E-state index in [0.717, 1.165) is 35.1 Å². The fourth-order valence-corrected chi connectivity index (χ4v) is 5.17. The number of aromatic nitrogens is 1. The summed E-state index contributed by atoms with van der Waals surface area (Å²) < 4.78 is 6.02. The number of nitrogens with one attached hydrogen (secondary N) is 1. The molecule has 8 heteroatoms. The van der Waals surface area contributed by atoms with Gasteiger partial charge in [0.25, 0.3) is 5.91 Å². The Bertz CT molecular complexity index is 1470. The van der Waals surface area contributed by atoms with Crippen LogP contribution in [0.2, 0.25) is 10.0 Å². The predicted octanol–water partition coefficient (Wildman–Crippen LogP) is 5.96. The number of ether oxygens (including phenoxy) is 1. The number of aliphatic carboxylic acids is 1. The number of aryl methyl sites for hydroxylation is 1. The summed E-state index contributed by atoms with van der Waals surface area (Å²) >= 11 is 12.3. The Morgan fingerprint density at radius 1 is 1.00 bits per heavy atom. The molecule has 1 atom stereocenters. The van der Waals surface area contributed by atoms with E-state index in [2.05, 4.69) is 16.4 Å². The van der Waals surface area contributed by atoms with Gasteiger partial charge in [-0.05, 0) is 47.7 Å². The van der Waals surface area contributed by atoms with Crippen molar-refractivity contribution in [2.75, 3.05) is 6.61 Å². The number of hydrogen-bond donors (Lipinski definition) is 2. The lowest BCUT2D eigenvalue weighted by Crippen LogP contribution is -2.42. The predicted molar refractivity (Wildman–Crippen MR) is 140 cm³/mol. The van der Waals surface area contributed by atoms with Gasteiger partial charge in [0.05, 0.1) is 27.7 Å². The van der Waals surface area contributed by atoms with Crippen LogP contribution in [-0.4, -0.2) is 34.6 Å². The van der Waals surface area contributed by atoms with Gasteiger partial charge in [-0.15, -0.1) is 0 Å². The molecule has 5 rings (SSSR count). The second kappa shape index (κ2) is 10.2. The maximum absolute atomic E-state index is 12.9. The number of amides is 1.